The van der Waals surface area contributed by atoms with E-state index in [2.05, 4.69) is 10.3 Å². The van der Waals surface area contributed by atoms with E-state index in [1.54, 1.807) is 19.8 Å². The van der Waals surface area contributed by atoms with Crippen molar-refractivity contribution >= 4 is 62.8 Å². The number of aromatic nitrogens is 1. The molecule has 12 heteroatoms. The topological polar surface area (TPSA) is 119 Å². The third-order valence-electron chi connectivity index (χ3n) is 5.85. The molecule has 202 valence electrons. The van der Waals surface area contributed by atoms with Crippen molar-refractivity contribution in [2.24, 2.45) is 0 Å². The Balaban J connectivity index is 1.95. The molecule has 0 bridgehead atoms. The molecule has 0 saturated heterocycles. The fourth-order valence-electron chi connectivity index (χ4n) is 4.02. The third kappa shape index (κ3) is 7.34. The van der Waals surface area contributed by atoms with E-state index >= 15 is 0 Å². The van der Waals surface area contributed by atoms with E-state index in [1.165, 1.54) is 4.31 Å². The first-order valence-corrected chi connectivity index (χ1v) is 17.2. The summed E-state index contributed by atoms with van der Waals surface area (Å²) >= 11 is 2.04. The SMILES string of the molecule is CCOP(C)(=O)CCCCCN(c1nc2oc(-c3ccc(C)cc3)c(C(=O)NC)c2cc1I)S(C)(=O)=O. The lowest BCUT2D eigenvalue weighted by molar-refractivity contribution is 0.0964. The number of sulfonamides is 1. The highest BCUT2D eigenvalue weighted by Crippen LogP contribution is 2.43. The predicted molar refractivity (Wildman–Crippen MR) is 156 cm³/mol. The molecule has 9 nitrogen and oxygen atoms in total. The Morgan fingerprint density at radius 1 is 1.22 bits per heavy atom. The average molecular weight is 661 g/mol. The molecule has 0 fully saturated rings. The number of hydrogen-bond acceptors (Lipinski definition) is 7. The van der Waals surface area contributed by atoms with Crippen LogP contribution in [0.15, 0.2) is 34.7 Å². The molecule has 0 spiro atoms. The van der Waals surface area contributed by atoms with E-state index in [-0.39, 0.29) is 24.0 Å². The van der Waals surface area contributed by atoms with Gasteiger partial charge in [-0.05, 0) is 55.3 Å². The second-order valence-corrected chi connectivity index (χ2v) is 14.8. The summed E-state index contributed by atoms with van der Waals surface area (Å²) in [5.74, 6) is 0.303. The van der Waals surface area contributed by atoms with Gasteiger partial charge in [0, 0.05) is 32.0 Å². The number of aryl methyl sites for hydroxylation is 1. The van der Waals surface area contributed by atoms with Gasteiger partial charge in [0.2, 0.25) is 15.7 Å². The number of hydrogen-bond donors (Lipinski definition) is 1. The van der Waals surface area contributed by atoms with Gasteiger partial charge in [0.25, 0.3) is 5.91 Å². The lowest BCUT2D eigenvalue weighted by atomic mass is 10.0. The molecule has 0 aliphatic rings. The summed E-state index contributed by atoms with van der Waals surface area (Å²) in [6, 6.07) is 9.33. The molecule has 1 aromatic carbocycles. The van der Waals surface area contributed by atoms with E-state index in [0.717, 1.165) is 17.4 Å². The summed E-state index contributed by atoms with van der Waals surface area (Å²) in [7, 11) is -4.72. The number of fused-ring (bicyclic) bond motifs is 1. The van der Waals surface area contributed by atoms with E-state index in [0.29, 0.717) is 52.3 Å². The number of halogens is 1. The minimum absolute atomic E-state index is 0.182. The zero-order chi connectivity index (χ0) is 27.4. The van der Waals surface area contributed by atoms with Crippen LogP contribution in [0, 0.1) is 10.5 Å². The number of unbranched alkanes of at least 4 members (excludes halogenated alkanes) is 2. The zero-order valence-electron chi connectivity index (χ0n) is 21.7. The van der Waals surface area contributed by atoms with Crippen LogP contribution in [0.5, 0.6) is 0 Å². The number of nitrogens with zero attached hydrogens (tertiary/aromatic N) is 2. The van der Waals surface area contributed by atoms with Crippen LogP contribution in [0.4, 0.5) is 5.82 Å². The molecule has 0 saturated carbocycles. The van der Waals surface area contributed by atoms with Gasteiger partial charge in [0.15, 0.2) is 13.2 Å². The van der Waals surface area contributed by atoms with E-state index in [1.807, 2.05) is 60.7 Å². The van der Waals surface area contributed by atoms with Crippen LogP contribution in [0.1, 0.15) is 42.1 Å². The summed E-state index contributed by atoms with van der Waals surface area (Å²) in [5.41, 5.74) is 2.32. The molecule has 1 atom stereocenters. The first-order chi connectivity index (χ1) is 17.4. The third-order valence-corrected chi connectivity index (χ3v) is 9.73. The maximum Gasteiger partial charge on any atom is 0.255 e. The Bertz CT molecular complexity index is 1420. The molecule has 37 heavy (non-hydrogen) atoms. The molecule has 2 aromatic heterocycles. The van der Waals surface area contributed by atoms with Gasteiger partial charge in [0.05, 0.1) is 27.4 Å². The van der Waals surface area contributed by atoms with Crippen molar-refractivity contribution in [3.05, 3.63) is 45.0 Å². The number of nitrogens with one attached hydrogen (secondary N) is 1. The van der Waals surface area contributed by atoms with Gasteiger partial charge < -0.3 is 14.3 Å². The Morgan fingerprint density at radius 3 is 2.49 bits per heavy atom. The van der Waals surface area contributed by atoms with Gasteiger partial charge in [-0.1, -0.05) is 36.2 Å². The van der Waals surface area contributed by atoms with Crippen LogP contribution in [0.25, 0.3) is 22.4 Å². The van der Waals surface area contributed by atoms with Gasteiger partial charge in [0.1, 0.15) is 5.76 Å². The molecule has 0 aliphatic carbocycles. The second-order valence-electron chi connectivity index (χ2n) is 8.95. The monoisotopic (exact) mass is 661 g/mol. The zero-order valence-corrected chi connectivity index (χ0v) is 25.6. The van der Waals surface area contributed by atoms with Crippen LogP contribution in [-0.4, -0.2) is 58.6 Å². The van der Waals surface area contributed by atoms with E-state index in [4.69, 9.17) is 8.94 Å². The van der Waals surface area contributed by atoms with Crippen LogP contribution in [-0.2, 0) is 19.1 Å². The quantitative estimate of drug-likeness (QED) is 0.152. The van der Waals surface area contributed by atoms with Gasteiger partial charge in [-0.2, -0.15) is 4.98 Å². The lowest BCUT2D eigenvalue weighted by Crippen LogP contribution is -2.32. The van der Waals surface area contributed by atoms with Crippen LogP contribution in [0.3, 0.4) is 0 Å². The minimum Gasteiger partial charge on any atom is -0.437 e. The second kappa shape index (κ2) is 12.3. The smallest absolute Gasteiger partial charge is 0.255 e. The Kier molecular flexibility index (Phi) is 9.82. The van der Waals surface area contributed by atoms with Gasteiger partial charge in [-0.25, -0.2) is 8.42 Å². The predicted octanol–water partition coefficient (Wildman–Crippen LogP) is 5.65. The highest BCUT2D eigenvalue weighted by Gasteiger charge is 2.27. The standard InChI is InChI=1S/C25H33IN3O6PS/c1-6-34-36(4,31)15-9-7-8-14-29(37(5,32)33)23-20(26)16-19-21(24(30)27-3)22(35-25(19)28-23)18-12-10-17(2)11-13-18/h10-13,16H,6-9,14-15H2,1-5H3,(H,27,30). The fourth-order valence-corrected chi connectivity index (χ4v) is 7.30. The lowest BCUT2D eigenvalue weighted by Gasteiger charge is -2.22. The summed E-state index contributed by atoms with van der Waals surface area (Å²) in [5, 5.41) is 3.16. The van der Waals surface area contributed by atoms with Gasteiger partial charge >= 0.3 is 0 Å². The average Bonchev–Trinajstić information content (AvgIpc) is 3.18. The normalized spacial score (nSPS) is 13.5. The fraction of sp³-hybridized carbons (Fsp3) is 0.440. The Hall–Kier alpha value is -1.95. The molecule has 1 unspecified atom stereocenters. The first kappa shape index (κ1) is 29.6. The summed E-state index contributed by atoms with van der Waals surface area (Å²) in [6.07, 6.45) is 3.51. The molecular formula is C25H33IN3O6PS. The molecule has 1 N–H and O–H groups in total. The van der Waals surface area contributed by atoms with Crippen LogP contribution in [0.2, 0.25) is 0 Å². The number of carbonyl (C=O) groups is 1. The number of amides is 1. The molecule has 0 aliphatic heterocycles. The molecule has 0 radical (unpaired) electrons. The minimum atomic E-state index is -3.65. The van der Waals surface area contributed by atoms with Crippen molar-refractivity contribution in [1.82, 2.24) is 10.3 Å². The number of pyridine rings is 1. The highest BCUT2D eigenvalue weighted by atomic mass is 127. The molecule has 3 aromatic rings. The van der Waals surface area contributed by atoms with Gasteiger partial charge in [-0.3, -0.25) is 13.7 Å². The first-order valence-electron chi connectivity index (χ1n) is 12.0. The van der Waals surface area contributed by atoms with Crippen molar-refractivity contribution in [3.8, 4) is 11.3 Å². The summed E-state index contributed by atoms with van der Waals surface area (Å²) < 4.78 is 51.0. The van der Waals surface area contributed by atoms with Crippen LogP contribution >= 0.6 is 30.0 Å². The number of furan rings is 1. The number of anilines is 1. The van der Waals surface area contributed by atoms with Crippen molar-refractivity contribution in [2.75, 3.05) is 43.6 Å². The maximum atomic E-state index is 12.8. The Labute approximate surface area is 232 Å². The van der Waals surface area contributed by atoms with Crippen molar-refractivity contribution in [1.29, 1.82) is 0 Å². The Morgan fingerprint density at radius 2 is 1.89 bits per heavy atom. The number of rotatable bonds is 12. The van der Waals surface area contributed by atoms with Gasteiger partial charge in [-0.15, -0.1) is 0 Å². The summed E-state index contributed by atoms with van der Waals surface area (Å²) in [4.78, 5) is 17.4. The number of carbonyl (C=O) groups excluding carboxylic acids is 1. The molecule has 2 heterocycles. The van der Waals surface area contributed by atoms with Crippen LogP contribution < -0.4 is 9.62 Å². The molecule has 3 rings (SSSR count). The molecule has 1 amide bonds. The van der Waals surface area contributed by atoms with E-state index in [9.17, 15) is 17.8 Å². The van der Waals surface area contributed by atoms with Crippen molar-refractivity contribution < 1.29 is 26.7 Å². The van der Waals surface area contributed by atoms with E-state index < -0.39 is 17.4 Å². The molecular weight excluding hydrogens is 628 g/mol. The number of benzene rings is 1. The summed E-state index contributed by atoms with van der Waals surface area (Å²) in [6.45, 7) is 6.03. The highest BCUT2D eigenvalue weighted by molar-refractivity contribution is 14.1. The maximum absolute atomic E-state index is 12.8. The largest absolute Gasteiger partial charge is 0.437 e. The van der Waals surface area contributed by atoms with Crippen molar-refractivity contribution in [3.63, 3.8) is 0 Å². The van der Waals surface area contributed by atoms with Crippen molar-refractivity contribution in [2.45, 2.75) is 33.1 Å².